The van der Waals surface area contributed by atoms with Crippen molar-refractivity contribution in [2.24, 2.45) is 0 Å². The van der Waals surface area contributed by atoms with Crippen molar-refractivity contribution in [2.45, 2.75) is 38.1 Å². The molecule has 2 N–H and O–H groups in total. The zero-order valence-corrected chi connectivity index (χ0v) is 13.5. The Labute approximate surface area is 132 Å². The molecule has 1 heterocycles. The molecule has 1 aliphatic carbocycles. The van der Waals surface area contributed by atoms with Crippen LogP contribution in [-0.4, -0.2) is 22.1 Å². The van der Waals surface area contributed by atoms with Crippen LogP contribution in [0.5, 0.6) is 0 Å². The van der Waals surface area contributed by atoms with Crippen LogP contribution in [-0.2, 0) is 6.42 Å². The van der Waals surface area contributed by atoms with E-state index in [1.165, 1.54) is 18.4 Å². The minimum absolute atomic E-state index is 0.0692. The molecular weight excluding hydrogens is 330 g/mol. The number of aromatic amines is 1. The Balaban J connectivity index is 1.56. The molecule has 1 aromatic heterocycles. The molecule has 0 radical (unpaired) electrons. The molecule has 0 spiro atoms. The van der Waals surface area contributed by atoms with Crippen molar-refractivity contribution in [2.75, 3.05) is 0 Å². The predicted molar refractivity (Wildman–Crippen MR) is 85.3 cm³/mol. The first-order chi connectivity index (χ1) is 10.1. The van der Waals surface area contributed by atoms with Gasteiger partial charge in [0, 0.05) is 22.1 Å². The van der Waals surface area contributed by atoms with Gasteiger partial charge in [0.1, 0.15) is 5.69 Å². The first-order valence-electron chi connectivity index (χ1n) is 7.22. The Bertz CT molecular complexity index is 631. The normalized spacial score (nSPS) is 15.7. The van der Waals surface area contributed by atoms with E-state index in [0.717, 1.165) is 16.6 Å². The third kappa shape index (κ3) is 3.73. The fourth-order valence-corrected chi connectivity index (χ4v) is 2.64. The summed E-state index contributed by atoms with van der Waals surface area (Å²) in [7, 11) is 0. The van der Waals surface area contributed by atoms with Gasteiger partial charge in [-0.1, -0.05) is 28.1 Å². The quantitative estimate of drug-likeness (QED) is 0.870. The summed E-state index contributed by atoms with van der Waals surface area (Å²) in [5, 5.41) is 10.1. The number of carbonyl (C=O) groups excluding carboxylic acids is 1. The second-order valence-corrected chi connectivity index (χ2v) is 6.60. The molecule has 0 bridgehead atoms. The van der Waals surface area contributed by atoms with Crippen molar-refractivity contribution in [1.29, 1.82) is 0 Å². The first kappa shape index (κ1) is 14.3. The molecule has 1 unspecified atom stereocenters. The van der Waals surface area contributed by atoms with Gasteiger partial charge >= 0.3 is 0 Å². The molecule has 3 rings (SSSR count). The Hall–Kier alpha value is -1.62. The summed E-state index contributed by atoms with van der Waals surface area (Å²) >= 11 is 3.42. The van der Waals surface area contributed by atoms with Crippen LogP contribution in [0.1, 0.15) is 47.4 Å². The van der Waals surface area contributed by atoms with Crippen LogP contribution in [0.4, 0.5) is 0 Å². The highest BCUT2D eigenvalue weighted by Crippen LogP contribution is 2.38. The van der Waals surface area contributed by atoms with E-state index in [0.29, 0.717) is 11.6 Å². The number of H-pyrrole nitrogens is 1. The number of hydrogen-bond donors (Lipinski definition) is 2. The van der Waals surface area contributed by atoms with Crippen molar-refractivity contribution in [3.63, 3.8) is 0 Å². The van der Waals surface area contributed by atoms with Crippen LogP contribution in [0.3, 0.4) is 0 Å². The average Bonchev–Trinajstić information content (AvgIpc) is 3.18. The van der Waals surface area contributed by atoms with Gasteiger partial charge in [0.25, 0.3) is 5.91 Å². The molecule has 1 fully saturated rings. The van der Waals surface area contributed by atoms with Crippen LogP contribution in [0.15, 0.2) is 34.8 Å². The lowest BCUT2D eigenvalue weighted by Crippen LogP contribution is -2.34. The van der Waals surface area contributed by atoms with Gasteiger partial charge in [-0.2, -0.15) is 5.10 Å². The van der Waals surface area contributed by atoms with E-state index in [4.69, 9.17) is 0 Å². The number of rotatable bonds is 5. The lowest BCUT2D eigenvalue weighted by Gasteiger charge is -2.13. The van der Waals surface area contributed by atoms with Crippen LogP contribution in [0.2, 0.25) is 0 Å². The molecule has 0 aliphatic heterocycles. The van der Waals surface area contributed by atoms with Crippen molar-refractivity contribution >= 4 is 21.8 Å². The van der Waals surface area contributed by atoms with Crippen LogP contribution in [0, 0.1) is 0 Å². The summed E-state index contributed by atoms with van der Waals surface area (Å²) in [4.78, 5) is 12.2. The zero-order valence-electron chi connectivity index (χ0n) is 11.9. The molecule has 5 heteroatoms. The van der Waals surface area contributed by atoms with E-state index in [9.17, 15) is 4.79 Å². The summed E-state index contributed by atoms with van der Waals surface area (Å²) in [5.41, 5.74) is 2.77. The lowest BCUT2D eigenvalue weighted by molar-refractivity contribution is 0.0935. The molecule has 4 nitrogen and oxygen atoms in total. The third-order valence-electron chi connectivity index (χ3n) is 3.68. The Kier molecular flexibility index (Phi) is 4.10. The van der Waals surface area contributed by atoms with E-state index in [-0.39, 0.29) is 11.9 Å². The van der Waals surface area contributed by atoms with Gasteiger partial charge in [0.05, 0.1) is 0 Å². The largest absolute Gasteiger partial charge is 0.348 e. The summed E-state index contributed by atoms with van der Waals surface area (Å²) in [5.74, 6) is 0.474. The molecule has 110 valence electrons. The van der Waals surface area contributed by atoms with Crippen LogP contribution >= 0.6 is 15.9 Å². The average molecular weight is 348 g/mol. The third-order valence-corrected chi connectivity index (χ3v) is 4.21. The monoisotopic (exact) mass is 347 g/mol. The number of aromatic nitrogens is 2. The summed E-state index contributed by atoms with van der Waals surface area (Å²) in [6.45, 7) is 2.01. The smallest absolute Gasteiger partial charge is 0.271 e. The second kappa shape index (κ2) is 6.02. The number of benzene rings is 1. The van der Waals surface area contributed by atoms with Crippen molar-refractivity contribution in [3.8, 4) is 0 Å². The molecule has 2 aromatic rings. The van der Waals surface area contributed by atoms with Crippen LogP contribution < -0.4 is 5.32 Å². The standard InChI is InChI=1S/C16H18BrN3O/c1-10(8-11-2-6-13(17)7-3-11)18-16(21)15-9-14(19-20-15)12-4-5-12/h2-3,6-7,9-10,12H,4-5,8H2,1H3,(H,18,21)(H,19,20). The summed E-state index contributed by atoms with van der Waals surface area (Å²) in [6, 6.07) is 10.1. The SMILES string of the molecule is CC(Cc1ccc(Br)cc1)NC(=O)c1cc(C2CC2)[nH]n1. The van der Waals surface area contributed by atoms with E-state index < -0.39 is 0 Å². The molecule has 1 amide bonds. The molecule has 1 atom stereocenters. The Morgan fingerprint density at radius 3 is 2.81 bits per heavy atom. The molecule has 21 heavy (non-hydrogen) atoms. The maximum atomic E-state index is 12.2. The lowest BCUT2D eigenvalue weighted by atomic mass is 10.1. The topological polar surface area (TPSA) is 57.8 Å². The van der Waals surface area contributed by atoms with Gasteiger partial charge in [-0.15, -0.1) is 0 Å². The van der Waals surface area contributed by atoms with E-state index in [1.54, 1.807) is 0 Å². The Morgan fingerprint density at radius 2 is 2.14 bits per heavy atom. The minimum Gasteiger partial charge on any atom is -0.348 e. The van der Waals surface area contributed by atoms with Gasteiger partial charge in [-0.3, -0.25) is 9.89 Å². The number of carbonyl (C=O) groups is 1. The fourth-order valence-electron chi connectivity index (χ4n) is 2.38. The summed E-state index contributed by atoms with van der Waals surface area (Å²) < 4.78 is 1.06. The van der Waals surface area contributed by atoms with E-state index >= 15 is 0 Å². The highest BCUT2D eigenvalue weighted by molar-refractivity contribution is 9.10. The highest BCUT2D eigenvalue weighted by atomic mass is 79.9. The van der Waals surface area contributed by atoms with E-state index in [2.05, 4.69) is 43.6 Å². The second-order valence-electron chi connectivity index (χ2n) is 5.69. The number of nitrogens with one attached hydrogen (secondary N) is 2. The highest BCUT2D eigenvalue weighted by Gasteiger charge is 2.26. The first-order valence-corrected chi connectivity index (χ1v) is 8.02. The summed E-state index contributed by atoms with van der Waals surface area (Å²) in [6.07, 6.45) is 3.20. The maximum Gasteiger partial charge on any atom is 0.271 e. The van der Waals surface area contributed by atoms with Crippen molar-refractivity contribution < 1.29 is 4.79 Å². The van der Waals surface area contributed by atoms with Crippen LogP contribution in [0.25, 0.3) is 0 Å². The maximum absolute atomic E-state index is 12.2. The van der Waals surface area contributed by atoms with Gasteiger partial charge in [-0.25, -0.2) is 0 Å². The number of nitrogens with zero attached hydrogens (tertiary/aromatic N) is 1. The zero-order chi connectivity index (χ0) is 14.8. The molecule has 1 aliphatic rings. The van der Waals surface area contributed by atoms with E-state index in [1.807, 2.05) is 25.1 Å². The molecular formula is C16H18BrN3O. The van der Waals surface area contributed by atoms with Gasteiger partial charge < -0.3 is 5.32 Å². The number of halogens is 1. The number of hydrogen-bond acceptors (Lipinski definition) is 2. The van der Waals surface area contributed by atoms with Gasteiger partial charge in [-0.05, 0) is 49.9 Å². The molecule has 1 saturated carbocycles. The van der Waals surface area contributed by atoms with Gasteiger partial charge in [0.15, 0.2) is 0 Å². The van der Waals surface area contributed by atoms with Crippen molar-refractivity contribution in [1.82, 2.24) is 15.5 Å². The number of amides is 1. The predicted octanol–water partition coefficient (Wildman–Crippen LogP) is 3.41. The Morgan fingerprint density at radius 1 is 1.43 bits per heavy atom. The fraction of sp³-hybridized carbons (Fsp3) is 0.375. The molecule has 0 saturated heterocycles. The van der Waals surface area contributed by atoms with Gasteiger partial charge in [0.2, 0.25) is 0 Å². The minimum atomic E-state index is -0.109. The molecule has 1 aromatic carbocycles. The van der Waals surface area contributed by atoms with Crippen molar-refractivity contribution in [3.05, 3.63) is 51.8 Å².